The minimum Gasteiger partial charge on any atom is -0.341 e. The molecule has 2 fully saturated rings. The molecule has 1 amide bonds. The lowest BCUT2D eigenvalue weighted by atomic mass is 9.75. The van der Waals surface area contributed by atoms with Crippen LogP contribution in [0.25, 0.3) is 11.4 Å². The summed E-state index contributed by atoms with van der Waals surface area (Å²) in [4.78, 5) is 16.0. The maximum atomic E-state index is 12.6. The molecule has 0 unspecified atom stereocenters. The first kappa shape index (κ1) is 15.3. The van der Waals surface area contributed by atoms with Crippen molar-refractivity contribution in [3.63, 3.8) is 0 Å². The van der Waals surface area contributed by atoms with Gasteiger partial charge in [-0.05, 0) is 29.9 Å². The van der Waals surface area contributed by atoms with Gasteiger partial charge >= 0.3 is 0 Å². The zero-order chi connectivity index (χ0) is 16.4. The van der Waals surface area contributed by atoms with Crippen LogP contribution in [0.15, 0.2) is 30.3 Å². The maximum absolute atomic E-state index is 12.6. The largest absolute Gasteiger partial charge is 0.341 e. The third kappa shape index (κ3) is 3.18. The van der Waals surface area contributed by atoms with E-state index in [1.165, 1.54) is 30.5 Å². The van der Waals surface area contributed by atoms with Crippen LogP contribution in [0, 0.1) is 11.8 Å². The van der Waals surface area contributed by atoms with E-state index in [4.69, 9.17) is 0 Å². The van der Waals surface area contributed by atoms with Crippen molar-refractivity contribution in [2.75, 3.05) is 13.1 Å². The van der Waals surface area contributed by atoms with Crippen LogP contribution in [0.1, 0.15) is 32.1 Å². The van der Waals surface area contributed by atoms with Crippen LogP contribution in [0.4, 0.5) is 0 Å². The monoisotopic (exact) mass is 325 g/mol. The molecule has 1 saturated carbocycles. The molecule has 6 heteroatoms. The van der Waals surface area contributed by atoms with Crippen LogP contribution >= 0.6 is 0 Å². The van der Waals surface area contributed by atoms with Gasteiger partial charge in [-0.1, -0.05) is 49.6 Å². The second-order valence-electron chi connectivity index (χ2n) is 6.94. The fourth-order valence-corrected chi connectivity index (χ4v) is 4.06. The van der Waals surface area contributed by atoms with Gasteiger partial charge in [0, 0.05) is 18.7 Å². The number of aromatic nitrogens is 4. The highest BCUT2D eigenvalue weighted by Gasteiger charge is 2.33. The third-order valence-corrected chi connectivity index (χ3v) is 5.41. The van der Waals surface area contributed by atoms with Crippen molar-refractivity contribution in [3.05, 3.63) is 30.3 Å². The first-order chi connectivity index (χ1) is 11.8. The highest BCUT2D eigenvalue weighted by atomic mass is 16.2. The van der Waals surface area contributed by atoms with Crippen molar-refractivity contribution in [2.45, 2.75) is 38.6 Å². The minimum absolute atomic E-state index is 0.107. The van der Waals surface area contributed by atoms with E-state index in [1.807, 2.05) is 35.2 Å². The summed E-state index contributed by atoms with van der Waals surface area (Å²) in [7, 11) is 0. The van der Waals surface area contributed by atoms with E-state index in [0.717, 1.165) is 31.0 Å². The zero-order valence-corrected chi connectivity index (χ0v) is 13.8. The summed E-state index contributed by atoms with van der Waals surface area (Å²) >= 11 is 0. The fourth-order valence-electron chi connectivity index (χ4n) is 4.06. The van der Waals surface area contributed by atoms with Crippen molar-refractivity contribution in [3.8, 4) is 11.4 Å². The number of amides is 1. The Hall–Kier alpha value is -2.24. The lowest BCUT2D eigenvalue weighted by Gasteiger charge is -2.41. The van der Waals surface area contributed by atoms with Crippen LogP contribution in [0.5, 0.6) is 0 Å². The lowest BCUT2D eigenvalue weighted by Crippen LogP contribution is -2.46. The lowest BCUT2D eigenvalue weighted by molar-refractivity contribution is -0.135. The molecule has 1 aromatic heterocycles. The number of benzene rings is 1. The molecule has 2 heterocycles. The first-order valence-corrected chi connectivity index (χ1v) is 8.90. The SMILES string of the molecule is O=C(Cn1nnc(-c2ccccc2)n1)N1CC[C@H]2CCCC[C@H]2C1. The summed E-state index contributed by atoms with van der Waals surface area (Å²) in [5.41, 5.74) is 0.916. The van der Waals surface area contributed by atoms with Crippen LogP contribution in [0.3, 0.4) is 0 Å². The van der Waals surface area contributed by atoms with Gasteiger partial charge in [-0.15, -0.1) is 10.2 Å². The number of nitrogens with zero attached hydrogens (tertiary/aromatic N) is 5. The van der Waals surface area contributed by atoms with E-state index in [1.54, 1.807) is 0 Å². The third-order valence-electron chi connectivity index (χ3n) is 5.41. The first-order valence-electron chi connectivity index (χ1n) is 8.90. The second-order valence-corrected chi connectivity index (χ2v) is 6.94. The molecule has 0 spiro atoms. The van der Waals surface area contributed by atoms with Crippen LogP contribution in [-0.4, -0.2) is 44.1 Å². The number of hydrogen-bond donors (Lipinski definition) is 0. The topological polar surface area (TPSA) is 63.9 Å². The summed E-state index contributed by atoms with van der Waals surface area (Å²) in [6, 6.07) is 9.71. The molecular formula is C18H23N5O. The fraction of sp³-hybridized carbons (Fsp3) is 0.556. The number of carbonyl (C=O) groups is 1. The van der Waals surface area contributed by atoms with Crippen molar-refractivity contribution >= 4 is 5.91 Å². The smallest absolute Gasteiger partial charge is 0.246 e. The average molecular weight is 325 g/mol. The molecule has 2 aromatic rings. The van der Waals surface area contributed by atoms with E-state index < -0.39 is 0 Å². The van der Waals surface area contributed by atoms with Gasteiger partial charge in [0.2, 0.25) is 11.7 Å². The van der Waals surface area contributed by atoms with Crippen LogP contribution in [-0.2, 0) is 11.3 Å². The van der Waals surface area contributed by atoms with E-state index in [0.29, 0.717) is 11.7 Å². The Morgan fingerprint density at radius 1 is 1.08 bits per heavy atom. The highest BCUT2D eigenvalue weighted by Crippen LogP contribution is 2.36. The molecule has 1 aliphatic heterocycles. The number of rotatable bonds is 3. The van der Waals surface area contributed by atoms with Gasteiger partial charge in [-0.3, -0.25) is 4.79 Å². The van der Waals surface area contributed by atoms with Crippen LogP contribution in [0.2, 0.25) is 0 Å². The standard InChI is InChI=1S/C18H23N5O/c24-17(22-11-10-14-6-4-5-9-16(14)12-22)13-23-20-18(19-21-23)15-7-2-1-3-8-15/h1-3,7-8,14,16H,4-6,9-13H2/t14-,16+/m1/s1. The summed E-state index contributed by atoms with van der Waals surface area (Å²) in [5, 5.41) is 12.4. The van der Waals surface area contributed by atoms with Gasteiger partial charge in [-0.25, -0.2) is 0 Å². The predicted molar refractivity (Wildman–Crippen MR) is 89.9 cm³/mol. The average Bonchev–Trinajstić information content (AvgIpc) is 3.10. The predicted octanol–water partition coefficient (Wildman–Crippen LogP) is 2.38. The van der Waals surface area contributed by atoms with Crippen LogP contribution < -0.4 is 0 Å². The van der Waals surface area contributed by atoms with E-state index >= 15 is 0 Å². The normalized spacial score (nSPS) is 23.8. The molecule has 0 N–H and O–H groups in total. The van der Waals surface area contributed by atoms with E-state index in [2.05, 4.69) is 15.4 Å². The number of hydrogen-bond acceptors (Lipinski definition) is 4. The summed E-state index contributed by atoms with van der Waals surface area (Å²) in [5.74, 6) is 2.20. The molecule has 126 valence electrons. The molecule has 1 saturated heterocycles. The van der Waals surface area contributed by atoms with Gasteiger partial charge < -0.3 is 4.90 Å². The highest BCUT2D eigenvalue weighted by molar-refractivity contribution is 5.76. The Kier molecular flexibility index (Phi) is 4.28. The summed E-state index contributed by atoms with van der Waals surface area (Å²) in [6.45, 7) is 1.96. The van der Waals surface area contributed by atoms with Gasteiger partial charge in [0.1, 0.15) is 6.54 Å². The molecule has 1 aromatic carbocycles. The van der Waals surface area contributed by atoms with E-state index in [9.17, 15) is 4.79 Å². The Labute approximate surface area is 141 Å². The van der Waals surface area contributed by atoms with Crippen molar-refractivity contribution in [1.82, 2.24) is 25.1 Å². The molecule has 2 aliphatic rings. The van der Waals surface area contributed by atoms with Crippen molar-refractivity contribution in [1.29, 1.82) is 0 Å². The number of likely N-dealkylation sites (tertiary alicyclic amines) is 1. The Balaban J connectivity index is 1.39. The number of carbonyl (C=O) groups excluding carboxylic acids is 1. The zero-order valence-electron chi connectivity index (χ0n) is 13.8. The van der Waals surface area contributed by atoms with E-state index in [-0.39, 0.29) is 12.5 Å². The summed E-state index contributed by atoms with van der Waals surface area (Å²) in [6.07, 6.45) is 6.44. The van der Waals surface area contributed by atoms with Gasteiger partial charge in [0.05, 0.1) is 0 Å². The second kappa shape index (κ2) is 6.71. The minimum atomic E-state index is 0.107. The number of piperidine rings is 1. The van der Waals surface area contributed by atoms with Gasteiger partial charge in [-0.2, -0.15) is 4.80 Å². The molecule has 4 rings (SSSR count). The Bertz CT molecular complexity index is 698. The molecular weight excluding hydrogens is 302 g/mol. The van der Waals surface area contributed by atoms with Crippen molar-refractivity contribution < 1.29 is 4.79 Å². The maximum Gasteiger partial charge on any atom is 0.246 e. The molecule has 2 atom stereocenters. The Morgan fingerprint density at radius 3 is 2.71 bits per heavy atom. The Morgan fingerprint density at radius 2 is 1.88 bits per heavy atom. The van der Waals surface area contributed by atoms with Gasteiger partial charge in [0.15, 0.2) is 0 Å². The van der Waals surface area contributed by atoms with Gasteiger partial charge in [0.25, 0.3) is 0 Å². The van der Waals surface area contributed by atoms with Crippen molar-refractivity contribution in [2.24, 2.45) is 11.8 Å². The molecule has 6 nitrogen and oxygen atoms in total. The quantitative estimate of drug-likeness (QED) is 0.869. The molecule has 0 radical (unpaired) electrons. The number of tetrazole rings is 1. The molecule has 1 aliphatic carbocycles. The number of fused-ring (bicyclic) bond motifs is 1. The molecule has 24 heavy (non-hydrogen) atoms. The molecule has 0 bridgehead atoms. The summed E-state index contributed by atoms with van der Waals surface area (Å²) < 4.78 is 0.